The Morgan fingerprint density at radius 2 is 2.00 bits per heavy atom. The molecule has 0 fully saturated rings. The number of hydrogen-bond acceptors (Lipinski definition) is 0. The molecule has 0 amide bonds. The van der Waals surface area contributed by atoms with Gasteiger partial charge in [0.25, 0.3) is 0 Å². The predicted octanol–water partition coefficient (Wildman–Crippen LogP) is 1.49. The molecular formula is C11H15N. The Hall–Kier alpha value is -0.980. The molecule has 1 aliphatic carbocycles. The molecule has 0 spiro atoms. The molecule has 0 saturated heterocycles. The lowest BCUT2D eigenvalue weighted by atomic mass is 10.1. The Morgan fingerprint density at radius 1 is 1.25 bits per heavy atom. The van der Waals surface area contributed by atoms with Crippen LogP contribution in [0.2, 0.25) is 0 Å². The van der Waals surface area contributed by atoms with Crippen molar-refractivity contribution in [1.29, 1.82) is 0 Å². The van der Waals surface area contributed by atoms with Crippen molar-refractivity contribution in [3.63, 3.8) is 0 Å². The summed E-state index contributed by atoms with van der Waals surface area (Å²) in [7, 11) is 0. The minimum Gasteiger partial charge on any atom is -0.358 e. The molecule has 12 heavy (non-hydrogen) atoms. The Bertz CT molecular complexity index is 348. The topological polar surface area (TPSA) is 15.8 Å². The van der Waals surface area contributed by atoms with Crippen LogP contribution in [0.15, 0.2) is 6.07 Å². The number of aromatic amines is 1. The van der Waals surface area contributed by atoms with Crippen LogP contribution >= 0.6 is 0 Å². The van der Waals surface area contributed by atoms with Gasteiger partial charge in [-0.3, -0.25) is 0 Å². The van der Waals surface area contributed by atoms with Gasteiger partial charge >= 0.3 is 0 Å². The second-order valence-corrected chi connectivity index (χ2v) is 3.73. The van der Waals surface area contributed by atoms with Gasteiger partial charge in [-0.1, -0.05) is 26.0 Å². The molecule has 0 radical (unpaired) electrons. The second-order valence-electron chi connectivity index (χ2n) is 3.73. The number of nitrogens with one attached hydrogen (secondary N) is 1. The van der Waals surface area contributed by atoms with Crippen LogP contribution in [-0.4, -0.2) is 4.98 Å². The fourth-order valence-electron chi connectivity index (χ4n) is 1.62. The highest BCUT2D eigenvalue weighted by Crippen LogP contribution is 2.07. The van der Waals surface area contributed by atoms with Crippen LogP contribution in [0.5, 0.6) is 0 Å². The van der Waals surface area contributed by atoms with Crippen molar-refractivity contribution in [3.05, 3.63) is 22.3 Å². The number of H-pyrrole nitrogens is 1. The van der Waals surface area contributed by atoms with Gasteiger partial charge in [-0.2, -0.15) is 0 Å². The lowest BCUT2D eigenvalue weighted by molar-refractivity contribution is 0.829. The Morgan fingerprint density at radius 3 is 2.67 bits per heavy atom. The molecule has 1 heteroatoms. The highest BCUT2D eigenvalue weighted by atomic mass is 14.7. The molecule has 1 heterocycles. The van der Waals surface area contributed by atoms with Gasteiger partial charge in [-0.15, -0.1) is 0 Å². The first-order chi connectivity index (χ1) is 5.77. The van der Waals surface area contributed by atoms with Crippen LogP contribution in [0.4, 0.5) is 0 Å². The van der Waals surface area contributed by atoms with Gasteiger partial charge in [0, 0.05) is 11.0 Å². The third kappa shape index (κ3) is 1.20. The SMILES string of the molecule is CC(C)c1cc2c([nH]1)=CCCC=2. The quantitative estimate of drug-likeness (QED) is 0.642. The van der Waals surface area contributed by atoms with E-state index in [9.17, 15) is 0 Å². The van der Waals surface area contributed by atoms with Gasteiger partial charge in [-0.25, -0.2) is 0 Å². The summed E-state index contributed by atoms with van der Waals surface area (Å²) in [5.41, 5.74) is 1.36. The molecule has 1 aromatic rings. The van der Waals surface area contributed by atoms with E-state index in [4.69, 9.17) is 0 Å². The van der Waals surface area contributed by atoms with Gasteiger partial charge in [0.1, 0.15) is 0 Å². The number of aromatic nitrogens is 1. The van der Waals surface area contributed by atoms with Crippen LogP contribution in [0, 0.1) is 0 Å². The summed E-state index contributed by atoms with van der Waals surface area (Å²) < 4.78 is 0. The molecule has 1 nitrogen and oxygen atoms in total. The molecule has 0 saturated carbocycles. The Kier molecular flexibility index (Phi) is 1.80. The fourth-order valence-corrected chi connectivity index (χ4v) is 1.62. The molecule has 1 aliphatic rings. The number of fused-ring (bicyclic) bond motifs is 1. The van der Waals surface area contributed by atoms with E-state index in [1.807, 2.05) is 0 Å². The highest BCUT2D eigenvalue weighted by Gasteiger charge is 2.02. The summed E-state index contributed by atoms with van der Waals surface area (Å²) in [6.07, 6.45) is 6.99. The Labute approximate surface area is 72.8 Å². The average Bonchev–Trinajstić information content (AvgIpc) is 2.46. The summed E-state index contributed by atoms with van der Waals surface area (Å²) in [5, 5.41) is 2.72. The van der Waals surface area contributed by atoms with E-state index in [1.165, 1.54) is 29.1 Å². The van der Waals surface area contributed by atoms with Crippen molar-refractivity contribution < 1.29 is 0 Å². The molecule has 0 aliphatic heterocycles. The maximum absolute atomic E-state index is 3.45. The van der Waals surface area contributed by atoms with Crippen molar-refractivity contribution in [2.75, 3.05) is 0 Å². The van der Waals surface area contributed by atoms with Crippen LogP contribution in [0.1, 0.15) is 38.3 Å². The largest absolute Gasteiger partial charge is 0.358 e. The summed E-state index contributed by atoms with van der Waals surface area (Å²) in [6, 6.07) is 2.27. The fraction of sp³-hybridized carbons (Fsp3) is 0.455. The molecule has 64 valence electrons. The van der Waals surface area contributed by atoms with Gasteiger partial charge in [0.2, 0.25) is 0 Å². The third-order valence-corrected chi connectivity index (χ3v) is 2.40. The second kappa shape index (κ2) is 2.81. The maximum atomic E-state index is 3.45. The van der Waals surface area contributed by atoms with E-state index in [1.54, 1.807) is 0 Å². The molecular weight excluding hydrogens is 146 g/mol. The van der Waals surface area contributed by atoms with Gasteiger partial charge in [0.05, 0.1) is 0 Å². The van der Waals surface area contributed by atoms with Crippen LogP contribution in [0.25, 0.3) is 12.2 Å². The molecule has 0 atom stereocenters. The predicted molar refractivity (Wildman–Crippen MR) is 52.3 cm³/mol. The monoisotopic (exact) mass is 161 g/mol. The molecule has 2 rings (SSSR count). The van der Waals surface area contributed by atoms with Crippen molar-refractivity contribution in [3.8, 4) is 0 Å². The summed E-state index contributed by atoms with van der Waals surface area (Å²) in [4.78, 5) is 3.45. The van der Waals surface area contributed by atoms with Crippen molar-refractivity contribution in [2.45, 2.75) is 32.6 Å². The van der Waals surface area contributed by atoms with Gasteiger partial charge in [0.15, 0.2) is 0 Å². The molecule has 0 aromatic carbocycles. The first kappa shape index (κ1) is 7.66. The van der Waals surface area contributed by atoms with Gasteiger partial charge in [-0.05, 0) is 30.0 Å². The molecule has 1 N–H and O–H groups in total. The van der Waals surface area contributed by atoms with E-state index >= 15 is 0 Å². The lowest BCUT2D eigenvalue weighted by Crippen LogP contribution is -2.23. The summed E-state index contributed by atoms with van der Waals surface area (Å²) in [5.74, 6) is 0.609. The number of hydrogen-bond donors (Lipinski definition) is 1. The van der Waals surface area contributed by atoms with Crippen LogP contribution < -0.4 is 10.6 Å². The Balaban J connectivity index is 2.60. The smallest absolute Gasteiger partial charge is 0.0412 e. The van der Waals surface area contributed by atoms with Crippen molar-refractivity contribution in [2.24, 2.45) is 0 Å². The number of rotatable bonds is 1. The normalized spacial score (nSPS) is 15.2. The van der Waals surface area contributed by atoms with Crippen molar-refractivity contribution in [1.82, 2.24) is 4.98 Å². The first-order valence-corrected chi connectivity index (χ1v) is 4.66. The summed E-state index contributed by atoms with van der Waals surface area (Å²) >= 11 is 0. The van der Waals surface area contributed by atoms with E-state index in [0.29, 0.717) is 5.92 Å². The highest BCUT2D eigenvalue weighted by molar-refractivity contribution is 5.37. The zero-order valence-corrected chi connectivity index (χ0v) is 7.72. The standard InChI is InChI=1S/C11H15N/c1-8(2)11-7-9-5-3-4-6-10(9)12-11/h5-8,12H,3-4H2,1-2H3. The molecule has 0 bridgehead atoms. The zero-order valence-electron chi connectivity index (χ0n) is 7.72. The zero-order chi connectivity index (χ0) is 8.55. The molecule has 0 unspecified atom stereocenters. The van der Waals surface area contributed by atoms with E-state index in [-0.39, 0.29) is 0 Å². The van der Waals surface area contributed by atoms with Gasteiger partial charge < -0.3 is 4.98 Å². The van der Waals surface area contributed by atoms with E-state index in [2.05, 4.69) is 37.0 Å². The van der Waals surface area contributed by atoms with Crippen LogP contribution in [0.3, 0.4) is 0 Å². The third-order valence-electron chi connectivity index (χ3n) is 2.40. The maximum Gasteiger partial charge on any atom is 0.0412 e. The lowest BCUT2D eigenvalue weighted by Gasteiger charge is -1.97. The summed E-state index contributed by atoms with van der Waals surface area (Å²) in [6.45, 7) is 4.44. The molecule has 1 aromatic heterocycles. The van der Waals surface area contributed by atoms with E-state index in [0.717, 1.165) is 0 Å². The van der Waals surface area contributed by atoms with Crippen molar-refractivity contribution >= 4 is 12.2 Å². The minimum atomic E-state index is 0.609. The first-order valence-electron chi connectivity index (χ1n) is 4.66. The van der Waals surface area contributed by atoms with E-state index < -0.39 is 0 Å². The van der Waals surface area contributed by atoms with Crippen LogP contribution in [-0.2, 0) is 0 Å². The minimum absolute atomic E-state index is 0.609. The average molecular weight is 161 g/mol.